The van der Waals surface area contributed by atoms with E-state index in [0.29, 0.717) is 12.0 Å². The molecule has 54 heavy (non-hydrogen) atoms. The first-order valence-corrected chi connectivity index (χ1v) is 19.0. The van der Waals surface area contributed by atoms with Gasteiger partial charge in [0.15, 0.2) is 18.4 Å². The van der Waals surface area contributed by atoms with Gasteiger partial charge in [-0.05, 0) is 73.0 Å². The average Bonchev–Trinajstić information content (AvgIpc) is 3.43. The molecule has 0 amide bonds. The number of carbonyl (C=O) groups is 3. The zero-order valence-electron chi connectivity index (χ0n) is 33.3. The Hall–Kier alpha value is -2.15. The third kappa shape index (κ3) is 9.68. The van der Waals surface area contributed by atoms with Crippen LogP contribution in [-0.2, 0) is 47.5 Å². The number of allylic oxidation sites excluding steroid dienone is 3. The molecule has 2 bridgehead atoms. The van der Waals surface area contributed by atoms with Gasteiger partial charge in [-0.2, -0.15) is 0 Å². The molecule has 0 unspecified atom stereocenters. The molecule has 0 aromatic rings. The second-order valence-electron chi connectivity index (χ2n) is 16.0. The molecule has 15 nitrogen and oxygen atoms in total. The summed E-state index contributed by atoms with van der Waals surface area (Å²) in [4.78, 5) is 43.0. The summed E-state index contributed by atoms with van der Waals surface area (Å²) in [5.41, 5.74) is -0.552. The maximum atomic E-state index is 13.9. The molecule has 3 aliphatic heterocycles. The third-order valence-electron chi connectivity index (χ3n) is 11.9. The molecule has 2 saturated heterocycles. The fourth-order valence-electron chi connectivity index (χ4n) is 8.42. The minimum Gasteiger partial charge on any atom is -0.461 e. The summed E-state index contributed by atoms with van der Waals surface area (Å²) in [7, 11) is 6.35. The molecule has 4 aliphatic rings. The van der Waals surface area contributed by atoms with Crippen molar-refractivity contribution in [3.8, 4) is 0 Å². The predicted molar refractivity (Wildman–Crippen MR) is 194 cm³/mol. The standard InChI is InChI=1S/C39H63NO14/c1-11-26-24(18-50-38-36(49-10)35(48-9)32(46)22(5)52-38)14-19(2)12-13-27(42)39(6)17-23(15-28(39)43)34(20(3)25(41)16-29(44)53-26)54-37-33(47)30(40(7)8)31(45)21(4)51-37/h12-14,20-24,26,28,30-38,43,45-47H,11,15-18H2,1-10H3/b13-12+,19-14+/t20-,21-,22-,23-,24+,26+,28+,30+,31+,32+,33+,34+,35+,36-,37-,38+,39+/m0/s1. The Labute approximate surface area is 318 Å². The quantitative estimate of drug-likeness (QED) is 0.193. The lowest BCUT2D eigenvalue weighted by Gasteiger charge is -2.46. The van der Waals surface area contributed by atoms with Crippen LogP contribution in [0.3, 0.4) is 0 Å². The average molecular weight is 770 g/mol. The van der Waals surface area contributed by atoms with Gasteiger partial charge >= 0.3 is 5.97 Å². The van der Waals surface area contributed by atoms with Crippen LogP contribution < -0.4 is 0 Å². The maximum Gasteiger partial charge on any atom is 0.313 e. The molecule has 17 atom stereocenters. The Morgan fingerprint density at radius 3 is 2.13 bits per heavy atom. The molecule has 1 aliphatic carbocycles. The zero-order chi connectivity index (χ0) is 40.2. The van der Waals surface area contributed by atoms with E-state index in [9.17, 15) is 34.8 Å². The van der Waals surface area contributed by atoms with E-state index in [-0.39, 0.29) is 25.2 Å². The lowest BCUT2D eigenvalue weighted by Crippen LogP contribution is -2.63. The third-order valence-corrected chi connectivity index (χ3v) is 11.9. The first-order valence-electron chi connectivity index (χ1n) is 19.0. The molecule has 4 N–H and O–H groups in total. The fraction of sp³-hybridized carbons (Fsp3) is 0.821. The van der Waals surface area contributed by atoms with Gasteiger partial charge in [-0.1, -0.05) is 31.6 Å². The van der Waals surface area contributed by atoms with Crippen molar-refractivity contribution in [2.45, 2.75) is 147 Å². The number of ether oxygens (including phenoxy) is 7. The molecule has 0 aromatic carbocycles. The van der Waals surface area contributed by atoms with Crippen LogP contribution in [0.25, 0.3) is 0 Å². The van der Waals surface area contributed by atoms with Crippen LogP contribution in [0.15, 0.2) is 23.8 Å². The summed E-state index contributed by atoms with van der Waals surface area (Å²) >= 11 is 0. The van der Waals surface area contributed by atoms with Crippen LogP contribution in [0.5, 0.6) is 0 Å². The van der Waals surface area contributed by atoms with Gasteiger partial charge in [0.1, 0.15) is 42.7 Å². The normalized spacial score (nSPS) is 45.9. The molecule has 3 heterocycles. The van der Waals surface area contributed by atoms with E-state index in [0.717, 1.165) is 0 Å². The van der Waals surface area contributed by atoms with Crippen molar-refractivity contribution in [3.05, 3.63) is 23.8 Å². The summed E-state index contributed by atoms with van der Waals surface area (Å²) < 4.78 is 41.6. The second-order valence-corrected chi connectivity index (χ2v) is 16.0. The van der Waals surface area contributed by atoms with Crippen molar-refractivity contribution in [3.63, 3.8) is 0 Å². The van der Waals surface area contributed by atoms with Crippen LogP contribution in [0, 0.1) is 23.2 Å². The monoisotopic (exact) mass is 769 g/mol. The Kier molecular flexibility index (Phi) is 15.6. The molecular formula is C39H63NO14. The van der Waals surface area contributed by atoms with E-state index in [1.807, 2.05) is 13.0 Å². The van der Waals surface area contributed by atoms with Crippen LogP contribution in [0.2, 0.25) is 0 Å². The number of carbonyl (C=O) groups excluding carboxylic acids is 3. The summed E-state index contributed by atoms with van der Waals surface area (Å²) in [6.45, 7) is 10.3. The number of rotatable bonds is 9. The van der Waals surface area contributed by atoms with Gasteiger partial charge in [0.25, 0.3) is 0 Å². The summed E-state index contributed by atoms with van der Waals surface area (Å²) in [6.07, 6.45) is -6.11. The molecule has 15 heteroatoms. The number of likely N-dealkylation sites (N-methyl/N-ethyl adjacent to an activating group) is 1. The van der Waals surface area contributed by atoms with Crippen molar-refractivity contribution in [1.29, 1.82) is 0 Å². The molecule has 0 spiro atoms. The highest BCUT2D eigenvalue weighted by atomic mass is 16.7. The van der Waals surface area contributed by atoms with Crippen molar-refractivity contribution in [2.75, 3.05) is 34.9 Å². The Morgan fingerprint density at radius 1 is 0.889 bits per heavy atom. The number of Topliss-reactive ketones (excluding diaryl/α,β-unsaturated/α-hetero) is 1. The van der Waals surface area contributed by atoms with E-state index in [1.54, 1.807) is 59.7 Å². The minimum atomic E-state index is -1.30. The highest BCUT2D eigenvalue weighted by Crippen LogP contribution is 2.47. The number of cyclic esters (lactones) is 1. The van der Waals surface area contributed by atoms with E-state index >= 15 is 0 Å². The van der Waals surface area contributed by atoms with Crippen molar-refractivity contribution < 1.29 is 68.0 Å². The number of fused-ring (bicyclic) bond motifs is 2. The molecule has 3 fully saturated rings. The molecule has 0 aromatic heterocycles. The minimum absolute atomic E-state index is 0.0160. The van der Waals surface area contributed by atoms with Gasteiger partial charge < -0.3 is 58.5 Å². The smallest absolute Gasteiger partial charge is 0.313 e. The van der Waals surface area contributed by atoms with E-state index in [1.165, 1.54) is 20.3 Å². The zero-order valence-corrected chi connectivity index (χ0v) is 33.3. The number of hydrogen-bond donors (Lipinski definition) is 4. The van der Waals surface area contributed by atoms with Crippen molar-refractivity contribution >= 4 is 17.5 Å². The lowest BCUT2D eigenvalue weighted by atomic mass is 9.79. The topological polar surface area (TPSA) is 200 Å². The number of methoxy groups -OCH3 is 2. The fourth-order valence-corrected chi connectivity index (χ4v) is 8.42. The van der Waals surface area contributed by atoms with Crippen LogP contribution >= 0.6 is 0 Å². The van der Waals surface area contributed by atoms with Gasteiger partial charge in [-0.3, -0.25) is 14.4 Å². The van der Waals surface area contributed by atoms with Gasteiger partial charge in [0, 0.05) is 26.1 Å². The first kappa shape index (κ1) is 44.6. The molecule has 1 saturated carbocycles. The van der Waals surface area contributed by atoms with Gasteiger partial charge in [-0.15, -0.1) is 0 Å². The van der Waals surface area contributed by atoms with Crippen molar-refractivity contribution in [2.24, 2.45) is 23.2 Å². The number of nitrogens with zero attached hydrogens (tertiary/aromatic N) is 1. The highest BCUT2D eigenvalue weighted by molar-refractivity contribution is 5.97. The van der Waals surface area contributed by atoms with Gasteiger partial charge in [0.05, 0.1) is 48.6 Å². The lowest BCUT2D eigenvalue weighted by molar-refractivity contribution is -0.304. The van der Waals surface area contributed by atoms with Gasteiger partial charge in [-0.25, -0.2) is 0 Å². The first-order chi connectivity index (χ1) is 25.4. The Bertz CT molecular complexity index is 1360. The van der Waals surface area contributed by atoms with Crippen LogP contribution in [0.4, 0.5) is 0 Å². The largest absolute Gasteiger partial charge is 0.461 e. The number of aliphatic hydroxyl groups is 4. The van der Waals surface area contributed by atoms with E-state index < -0.39 is 121 Å². The Balaban J connectivity index is 1.65. The van der Waals surface area contributed by atoms with Crippen LogP contribution in [0.1, 0.15) is 67.2 Å². The summed E-state index contributed by atoms with van der Waals surface area (Å²) in [5.74, 6) is -3.57. The highest BCUT2D eigenvalue weighted by Gasteiger charge is 2.53. The Morgan fingerprint density at radius 2 is 1.52 bits per heavy atom. The number of aliphatic hydroxyl groups excluding tert-OH is 4. The number of esters is 1. The number of hydrogen-bond acceptors (Lipinski definition) is 15. The van der Waals surface area contributed by atoms with Crippen LogP contribution in [-0.4, -0.2) is 157 Å². The van der Waals surface area contributed by atoms with Gasteiger partial charge in [0.2, 0.25) is 0 Å². The maximum absolute atomic E-state index is 13.9. The molecule has 4 rings (SSSR count). The molecule has 308 valence electrons. The predicted octanol–water partition coefficient (Wildman–Crippen LogP) is 1.32. The SMILES string of the molecule is CC[C@H]1OC(=O)CC(=O)[C@H](C)[C@@H](O[C@@H]2O[C@@H](C)[C@@H](O)[C@@H](N(C)C)[C@H]2O)[C@H]2C[C@@H](O)[C@](C)(C2)C(=O)/C=C/C(C)=C/[C@@H]1CO[C@@H]1O[C@@H](C)[C@@H](O)[C@@H](OC)[C@@H]1OC. The summed E-state index contributed by atoms with van der Waals surface area (Å²) in [5, 5.41) is 44.1. The molecular weight excluding hydrogens is 706 g/mol. The number of ketones is 2. The van der Waals surface area contributed by atoms with E-state index in [4.69, 9.17) is 33.2 Å². The summed E-state index contributed by atoms with van der Waals surface area (Å²) in [6, 6.07) is -0.738. The molecule has 0 radical (unpaired) electrons. The van der Waals surface area contributed by atoms with E-state index in [2.05, 4.69) is 0 Å². The second kappa shape index (κ2) is 18.9. The van der Waals surface area contributed by atoms with Crippen molar-refractivity contribution in [1.82, 2.24) is 4.90 Å².